The van der Waals surface area contributed by atoms with E-state index in [2.05, 4.69) is 34.1 Å². The van der Waals surface area contributed by atoms with Crippen molar-refractivity contribution in [3.8, 4) is 5.88 Å². The van der Waals surface area contributed by atoms with Gasteiger partial charge < -0.3 is 9.94 Å². The first-order valence-corrected chi connectivity index (χ1v) is 10.6. The summed E-state index contributed by atoms with van der Waals surface area (Å²) in [4.78, 5) is 19.5. The Morgan fingerprint density at radius 3 is 2.47 bits per heavy atom. The number of azo groups is 1. The largest absolute Gasteiger partial charge is 0.493 e. The molecule has 1 heterocycles. The number of rotatable bonds is 9. The molecule has 0 aliphatic rings. The van der Waals surface area contributed by atoms with Crippen LogP contribution in [0.15, 0.2) is 63.9 Å². The second-order valence-corrected chi connectivity index (χ2v) is 7.47. The Kier molecular flexibility index (Phi) is 7.72. The van der Waals surface area contributed by atoms with E-state index in [0.29, 0.717) is 12.4 Å². The molecule has 0 aliphatic heterocycles. The van der Waals surface area contributed by atoms with Crippen LogP contribution in [0.4, 0.5) is 5.69 Å². The molecule has 0 unspecified atom stereocenters. The molecule has 0 atom stereocenters. The summed E-state index contributed by atoms with van der Waals surface area (Å²) in [7, 11) is 0. The van der Waals surface area contributed by atoms with Gasteiger partial charge in [0.25, 0.3) is 0 Å². The maximum atomic E-state index is 12.2. The van der Waals surface area contributed by atoms with Crippen molar-refractivity contribution in [3.05, 3.63) is 59.7 Å². The van der Waals surface area contributed by atoms with Gasteiger partial charge in [0.2, 0.25) is 5.88 Å². The number of nitrogens with zero attached hydrogens (tertiary/aromatic N) is 5. The maximum Gasteiger partial charge on any atom is 0.304 e. The number of carbonyl (C=O) groups excluding carboxylic acids is 1. The van der Waals surface area contributed by atoms with Crippen LogP contribution < -0.4 is 0 Å². The molecule has 0 saturated carbocycles. The number of aromatic nitrogens is 1. The fourth-order valence-corrected chi connectivity index (χ4v) is 3.30. The molecular weight excluding hydrogens is 406 g/mol. The predicted molar refractivity (Wildman–Crippen MR) is 125 cm³/mol. The molecule has 0 spiro atoms. The van der Waals surface area contributed by atoms with E-state index < -0.39 is 5.91 Å². The van der Waals surface area contributed by atoms with E-state index in [9.17, 15) is 9.90 Å². The third kappa shape index (κ3) is 5.39. The second-order valence-electron chi connectivity index (χ2n) is 7.47. The number of benzene rings is 2. The van der Waals surface area contributed by atoms with Crippen molar-refractivity contribution >= 4 is 28.2 Å². The Morgan fingerprint density at radius 1 is 1.09 bits per heavy atom. The van der Waals surface area contributed by atoms with E-state index in [1.165, 1.54) is 0 Å². The van der Waals surface area contributed by atoms with Crippen LogP contribution >= 0.6 is 0 Å². The van der Waals surface area contributed by atoms with Gasteiger partial charge in [-0.15, -0.1) is 10.2 Å². The van der Waals surface area contributed by atoms with Crippen molar-refractivity contribution in [2.45, 2.75) is 34.4 Å². The zero-order valence-electron chi connectivity index (χ0n) is 18.9. The standard InChI is InChI=1S/C24H29N5O3/c1-5-28(6-2)16-29-21-10-8-7-9-20(21)23(24(29)31)26-25-22(30)15-32-27-18(4)19-13-11-17(3)12-14-19/h7-14,31H,5-6,15-16H2,1-4H3. The molecular formula is C24H29N5O3. The smallest absolute Gasteiger partial charge is 0.304 e. The van der Waals surface area contributed by atoms with Gasteiger partial charge in [0.1, 0.15) is 0 Å². The van der Waals surface area contributed by atoms with Crippen LogP contribution in [-0.2, 0) is 16.3 Å². The maximum absolute atomic E-state index is 12.2. The number of hydrogen-bond acceptors (Lipinski definition) is 6. The molecule has 1 amide bonds. The molecule has 0 saturated heterocycles. The lowest BCUT2D eigenvalue weighted by molar-refractivity contribution is -0.122. The molecule has 0 fully saturated rings. The number of amides is 1. The zero-order valence-corrected chi connectivity index (χ0v) is 18.9. The van der Waals surface area contributed by atoms with E-state index in [1.807, 2.05) is 55.5 Å². The Labute approximate surface area is 187 Å². The van der Waals surface area contributed by atoms with Crippen LogP contribution in [0.2, 0.25) is 0 Å². The topological polar surface area (TPSA) is 91.8 Å². The van der Waals surface area contributed by atoms with Crippen molar-refractivity contribution in [2.24, 2.45) is 15.4 Å². The van der Waals surface area contributed by atoms with Gasteiger partial charge >= 0.3 is 5.91 Å². The molecule has 1 N–H and O–H groups in total. The van der Waals surface area contributed by atoms with Crippen LogP contribution in [0.3, 0.4) is 0 Å². The lowest BCUT2D eigenvalue weighted by Gasteiger charge is -2.19. The number of aromatic hydroxyl groups is 1. The Bertz CT molecular complexity index is 1130. The third-order valence-electron chi connectivity index (χ3n) is 5.27. The minimum absolute atomic E-state index is 0.0243. The summed E-state index contributed by atoms with van der Waals surface area (Å²) in [6.45, 7) is 9.80. The molecule has 0 aliphatic carbocycles. The number of para-hydroxylation sites is 1. The highest BCUT2D eigenvalue weighted by Gasteiger charge is 2.18. The molecule has 3 aromatic rings. The zero-order chi connectivity index (χ0) is 23.1. The van der Waals surface area contributed by atoms with Gasteiger partial charge in [-0.3, -0.25) is 14.3 Å². The first-order valence-electron chi connectivity index (χ1n) is 10.6. The van der Waals surface area contributed by atoms with Gasteiger partial charge in [0.15, 0.2) is 12.3 Å². The molecule has 0 radical (unpaired) electrons. The van der Waals surface area contributed by atoms with Crippen molar-refractivity contribution in [3.63, 3.8) is 0 Å². The van der Waals surface area contributed by atoms with Crippen LogP contribution in [0, 0.1) is 6.92 Å². The fraction of sp³-hybridized carbons (Fsp3) is 0.333. The van der Waals surface area contributed by atoms with E-state index in [1.54, 1.807) is 11.5 Å². The van der Waals surface area contributed by atoms with Gasteiger partial charge in [-0.25, -0.2) is 0 Å². The van der Waals surface area contributed by atoms with E-state index >= 15 is 0 Å². The number of carbonyl (C=O) groups is 1. The minimum Gasteiger partial charge on any atom is -0.493 e. The van der Waals surface area contributed by atoms with Gasteiger partial charge in [-0.05, 0) is 38.6 Å². The Balaban J connectivity index is 1.72. The molecule has 2 aromatic carbocycles. The summed E-state index contributed by atoms with van der Waals surface area (Å²) in [6, 6.07) is 15.4. The van der Waals surface area contributed by atoms with Crippen LogP contribution in [0.5, 0.6) is 5.88 Å². The van der Waals surface area contributed by atoms with E-state index in [4.69, 9.17) is 4.84 Å². The van der Waals surface area contributed by atoms with Crippen LogP contribution in [-0.4, -0.2) is 45.9 Å². The minimum atomic E-state index is -0.592. The normalized spacial score (nSPS) is 12.2. The van der Waals surface area contributed by atoms with Crippen LogP contribution in [0.25, 0.3) is 10.9 Å². The van der Waals surface area contributed by atoms with E-state index in [0.717, 1.165) is 35.1 Å². The molecule has 0 bridgehead atoms. The summed E-state index contributed by atoms with van der Waals surface area (Å²) in [5.74, 6) is -0.616. The van der Waals surface area contributed by atoms with Crippen molar-refractivity contribution < 1.29 is 14.7 Å². The van der Waals surface area contributed by atoms with Gasteiger partial charge in [-0.2, -0.15) is 0 Å². The molecule has 32 heavy (non-hydrogen) atoms. The molecule has 168 valence electrons. The van der Waals surface area contributed by atoms with Crippen LogP contribution in [0.1, 0.15) is 31.9 Å². The van der Waals surface area contributed by atoms with Gasteiger partial charge in [-0.1, -0.05) is 67.0 Å². The predicted octanol–water partition coefficient (Wildman–Crippen LogP) is 5.01. The molecule has 3 rings (SSSR count). The molecule has 8 nitrogen and oxygen atoms in total. The molecule has 1 aromatic heterocycles. The summed E-state index contributed by atoms with van der Waals surface area (Å²) < 4.78 is 1.77. The van der Waals surface area contributed by atoms with Gasteiger partial charge in [0.05, 0.1) is 17.9 Å². The monoisotopic (exact) mass is 435 g/mol. The summed E-state index contributed by atoms with van der Waals surface area (Å²) in [5, 5.41) is 23.2. The highest BCUT2D eigenvalue weighted by Crippen LogP contribution is 2.38. The summed E-state index contributed by atoms with van der Waals surface area (Å²) in [6.07, 6.45) is 0. The van der Waals surface area contributed by atoms with Crippen molar-refractivity contribution in [2.75, 3.05) is 19.7 Å². The van der Waals surface area contributed by atoms with Crippen molar-refractivity contribution in [1.29, 1.82) is 0 Å². The Hall–Kier alpha value is -3.52. The average Bonchev–Trinajstić information content (AvgIpc) is 3.06. The first-order chi connectivity index (χ1) is 15.4. The SMILES string of the molecule is CCN(CC)Cn1c(O)c(N=NC(=O)CON=C(C)c2ccc(C)cc2)c2ccccc21. The number of oxime groups is 1. The number of aryl methyl sites for hydroxylation is 1. The lowest BCUT2D eigenvalue weighted by Crippen LogP contribution is -2.25. The van der Waals surface area contributed by atoms with Gasteiger partial charge in [0, 0.05) is 5.39 Å². The summed E-state index contributed by atoms with van der Waals surface area (Å²) >= 11 is 0. The summed E-state index contributed by atoms with van der Waals surface area (Å²) in [5.41, 5.74) is 3.82. The lowest BCUT2D eigenvalue weighted by atomic mass is 10.1. The van der Waals surface area contributed by atoms with E-state index in [-0.39, 0.29) is 18.2 Å². The highest BCUT2D eigenvalue weighted by atomic mass is 16.6. The third-order valence-corrected chi connectivity index (χ3v) is 5.27. The number of hydrogen-bond donors (Lipinski definition) is 1. The van der Waals surface area contributed by atoms with Crippen molar-refractivity contribution in [1.82, 2.24) is 9.47 Å². The first kappa shape index (κ1) is 23.1. The fourth-order valence-electron chi connectivity index (χ4n) is 3.30. The second kappa shape index (κ2) is 10.7. The number of fused-ring (bicyclic) bond motifs is 1. The highest BCUT2D eigenvalue weighted by molar-refractivity contribution is 5.98. The average molecular weight is 436 g/mol. The quantitative estimate of drug-likeness (QED) is 0.291. The Morgan fingerprint density at radius 2 is 1.78 bits per heavy atom. The molecule has 8 heteroatoms.